The number of hydrogen-bond donors (Lipinski definition) is 1. The van der Waals surface area contributed by atoms with Crippen molar-refractivity contribution < 1.29 is 17.9 Å². The van der Waals surface area contributed by atoms with Crippen LogP contribution in [-0.2, 0) is 9.84 Å². The van der Waals surface area contributed by atoms with Crippen LogP contribution in [0.5, 0.6) is 11.5 Å². The fraction of sp³-hybridized carbons (Fsp3) is 0.571. The van der Waals surface area contributed by atoms with Crippen molar-refractivity contribution in [3.05, 3.63) is 18.2 Å². The van der Waals surface area contributed by atoms with Crippen molar-refractivity contribution in [3.8, 4) is 11.5 Å². The summed E-state index contributed by atoms with van der Waals surface area (Å²) in [6, 6.07) is 5.24. The lowest BCUT2D eigenvalue weighted by atomic mass is 9.97. The van der Waals surface area contributed by atoms with E-state index in [1.54, 1.807) is 25.3 Å². The summed E-state index contributed by atoms with van der Waals surface area (Å²) >= 11 is 0. The first-order valence-corrected chi connectivity index (χ1v) is 8.64. The van der Waals surface area contributed by atoms with Crippen molar-refractivity contribution in [2.75, 3.05) is 19.1 Å². The summed E-state index contributed by atoms with van der Waals surface area (Å²) in [7, 11) is -1.43. The Balaban J connectivity index is 2.06. The Morgan fingerprint density at radius 3 is 2.65 bits per heavy atom. The summed E-state index contributed by atoms with van der Waals surface area (Å²) in [6.45, 7) is 0. The Bertz CT molecular complexity index is 571. The molecule has 0 heterocycles. The van der Waals surface area contributed by atoms with Crippen molar-refractivity contribution >= 4 is 15.5 Å². The van der Waals surface area contributed by atoms with E-state index in [2.05, 4.69) is 0 Å². The summed E-state index contributed by atoms with van der Waals surface area (Å²) in [5.41, 5.74) is 6.42. The van der Waals surface area contributed by atoms with E-state index in [4.69, 9.17) is 15.2 Å². The number of methoxy groups -OCH3 is 1. The van der Waals surface area contributed by atoms with E-state index in [9.17, 15) is 8.42 Å². The van der Waals surface area contributed by atoms with Gasteiger partial charge in [0.1, 0.15) is 27.4 Å². The molecular formula is C14H21NO4S. The van der Waals surface area contributed by atoms with Crippen LogP contribution >= 0.6 is 0 Å². The number of ether oxygens (including phenoxy) is 2. The number of anilines is 1. The van der Waals surface area contributed by atoms with E-state index in [0.717, 1.165) is 19.3 Å². The molecule has 2 rings (SSSR count). The molecule has 20 heavy (non-hydrogen) atoms. The molecule has 0 aromatic heterocycles. The molecule has 2 atom stereocenters. The van der Waals surface area contributed by atoms with Gasteiger partial charge in [-0.05, 0) is 31.4 Å². The SMILES string of the molecule is COc1ccc(OC2CCCC(S(C)(=O)=O)C2)c(N)c1. The van der Waals surface area contributed by atoms with Gasteiger partial charge in [0.2, 0.25) is 0 Å². The monoisotopic (exact) mass is 299 g/mol. The zero-order valence-corrected chi connectivity index (χ0v) is 12.7. The third-order valence-corrected chi connectivity index (χ3v) is 5.33. The average molecular weight is 299 g/mol. The first kappa shape index (κ1) is 15.0. The molecule has 6 heteroatoms. The fourth-order valence-electron chi connectivity index (χ4n) is 2.54. The highest BCUT2D eigenvalue weighted by molar-refractivity contribution is 7.91. The standard InChI is InChI=1S/C14H21NO4S/c1-18-10-6-7-14(13(15)9-10)19-11-4-3-5-12(8-11)20(2,16)17/h6-7,9,11-12H,3-5,8,15H2,1-2H3. The Labute approximate surface area is 120 Å². The minimum absolute atomic E-state index is 0.0980. The first-order valence-electron chi connectivity index (χ1n) is 6.69. The van der Waals surface area contributed by atoms with Crippen molar-refractivity contribution in [2.24, 2.45) is 0 Å². The highest BCUT2D eigenvalue weighted by atomic mass is 32.2. The number of nitrogens with two attached hydrogens (primary N) is 1. The quantitative estimate of drug-likeness (QED) is 0.860. The summed E-state index contributed by atoms with van der Waals surface area (Å²) < 4.78 is 34.2. The fourth-order valence-corrected chi connectivity index (χ4v) is 3.70. The zero-order chi connectivity index (χ0) is 14.8. The Kier molecular flexibility index (Phi) is 4.42. The largest absolute Gasteiger partial charge is 0.497 e. The molecule has 1 aliphatic rings. The molecule has 1 aliphatic carbocycles. The molecular weight excluding hydrogens is 278 g/mol. The van der Waals surface area contributed by atoms with Gasteiger partial charge in [-0.3, -0.25) is 0 Å². The molecule has 2 N–H and O–H groups in total. The lowest BCUT2D eigenvalue weighted by Gasteiger charge is -2.29. The van der Waals surface area contributed by atoms with Gasteiger partial charge in [-0.2, -0.15) is 0 Å². The molecule has 5 nitrogen and oxygen atoms in total. The van der Waals surface area contributed by atoms with Crippen molar-refractivity contribution in [3.63, 3.8) is 0 Å². The summed E-state index contributed by atoms with van der Waals surface area (Å²) in [4.78, 5) is 0. The molecule has 0 radical (unpaired) electrons. The Morgan fingerprint density at radius 2 is 2.05 bits per heavy atom. The van der Waals surface area contributed by atoms with E-state index >= 15 is 0 Å². The van der Waals surface area contributed by atoms with Crippen LogP contribution in [0.1, 0.15) is 25.7 Å². The van der Waals surface area contributed by atoms with Crippen LogP contribution < -0.4 is 15.2 Å². The van der Waals surface area contributed by atoms with E-state index in [1.165, 1.54) is 6.26 Å². The van der Waals surface area contributed by atoms with Crippen LogP contribution in [-0.4, -0.2) is 33.1 Å². The molecule has 112 valence electrons. The van der Waals surface area contributed by atoms with Gasteiger partial charge in [0.25, 0.3) is 0 Å². The molecule has 0 bridgehead atoms. The number of sulfone groups is 1. The van der Waals surface area contributed by atoms with E-state index in [1.807, 2.05) is 0 Å². The maximum Gasteiger partial charge on any atom is 0.150 e. The van der Waals surface area contributed by atoms with Gasteiger partial charge in [0, 0.05) is 18.7 Å². The number of hydrogen-bond acceptors (Lipinski definition) is 5. The van der Waals surface area contributed by atoms with Crippen LogP contribution in [0.4, 0.5) is 5.69 Å². The second-order valence-corrected chi connectivity index (χ2v) is 7.59. The van der Waals surface area contributed by atoms with Gasteiger partial charge in [0.15, 0.2) is 0 Å². The van der Waals surface area contributed by atoms with Crippen molar-refractivity contribution in [2.45, 2.75) is 37.0 Å². The highest BCUT2D eigenvalue weighted by Gasteiger charge is 2.30. The molecule has 1 aromatic carbocycles. The van der Waals surface area contributed by atoms with E-state index in [0.29, 0.717) is 23.6 Å². The van der Waals surface area contributed by atoms with Gasteiger partial charge < -0.3 is 15.2 Å². The highest BCUT2D eigenvalue weighted by Crippen LogP contribution is 2.31. The van der Waals surface area contributed by atoms with Gasteiger partial charge >= 0.3 is 0 Å². The molecule has 1 saturated carbocycles. The van der Waals surface area contributed by atoms with Gasteiger partial charge in [-0.1, -0.05) is 0 Å². The predicted octanol–water partition coefficient (Wildman–Crippen LogP) is 2.01. The Morgan fingerprint density at radius 1 is 1.30 bits per heavy atom. The number of rotatable bonds is 4. The normalized spacial score (nSPS) is 23.3. The van der Waals surface area contributed by atoms with Crippen LogP contribution in [0.15, 0.2) is 18.2 Å². The maximum atomic E-state index is 11.6. The average Bonchev–Trinajstić information content (AvgIpc) is 2.40. The lowest BCUT2D eigenvalue weighted by Crippen LogP contribution is -2.33. The Hall–Kier alpha value is -1.43. The molecule has 0 spiro atoms. The summed E-state index contributed by atoms with van der Waals surface area (Å²) in [5, 5.41) is -0.305. The molecule has 1 fully saturated rings. The van der Waals surface area contributed by atoms with Crippen LogP contribution in [0, 0.1) is 0 Å². The zero-order valence-electron chi connectivity index (χ0n) is 11.8. The minimum atomic E-state index is -3.00. The van der Waals surface area contributed by atoms with Gasteiger partial charge in [-0.15, -0.1) is 0 Å². The number of nitrogen functional groups attached to an aromatic ring is 1. The minimum Gasteiger partial charge on any atom is -0.497 e. The second-order valence-electron chi connectivity index (χ2n) is 5.26. The van der Waals surface area contributed by atoms with Crippen LogP contribution in [0.3, 0.4) is 0 Å². The number of benzene rings is 1. The molecule has 0 amide bonds. The molecule has 0 aliphatic heterocycles. The van der Waals surface area contributed by atoms with Crippen LogP contribution in [0.2, 0.25) is 0 Å². The van der Waals surface area contributed by atoms with Crippen LogP contribution in [0.25, 0.3) is 0 Å². The topological polar surface area (TPSA) is 78.6 Å². The molecule has 2 unspecified atom stereocenters. The van der Waals surface area contributed by atoms with E-state index in [-0.39, 0.29) is 11.4 Å². The smallest absolute Gasteiger partial charge is 0.150 e. The lowest BCUT2D eigenvalue weighted by molar-refractivity contribution is 0.157. The first-order chi connectivity index (χ1) is 9.40. The third-order valence-electron chi connectivity index (χ3n) is 3.69. The molecule has 1 aromatic rings. The maximum absolute atomic E-state index is 11.6. The van der Waals surface area contributed by atoms with Gasteiger partial charge in [-0.25, -0.2) is 8.42 Å². The van der Waals surface area contributed by atoms with Crippen molar-refractivity contribution in [1.82, 2.24) is 0 Å². The van der Waals surface area contributed by atoms with Crippen molar-refractivity contribution in [1.29, 1.82) is 0 Å². The molecule has 0 saturated heterocycles. The third kappa shape index (κ3) is 3.56. The van der Waals surface area contributed by atoms with E-state index < -0.39 is 9.84 Å². The van der Waals surface area contributed by atoms with Gasteiger partial charge in [0.05, 0.1) is 18.0 Å². The second kappa shape index (κ2) is 5.91. The predicted molar refractivity (Wildman–Crippen MR) is 78.9 cm³/mol. The summed E-state index contributed by atoms with van der Waals surface area (Å²) in [6.07, 6.45) is 4.16. The summed E-state index contributed by atoms with van der Waals surface area (Å²) in [5.74, 6) is 1.26.